The molecule has 1 saturated heterocycles. The lowest BCUT2D eigenvalue weighted by Crippen LogP contribution is -2.51. The Kier molecular flexibility index (Phi) is 10.5. The number of thioether (sulfide) groups is 1. The van der Waals surface area contributed by atoms with E-state index in [2.05, 4.69) is 13.8 Å². The normalized spacial score (nSPS) is 19.4. The van der Waals surface area contributed by atoms with Gasteiger partial charge in [0, 0.05) is 37.5 Å². The van der Waals surface area contributed by atoms with E-state index in [4.69, 9.17) is 9.47 Å². The molecule has 1 N–H and O–H groups in total. The van der Waals surface area contributed by atoms with Crippen molar-refractivity contribution >= 4 is 29.7 Å². The Bertz CT molecular complexity index is 1330. The summed E-state index contributed by atoms with van der Waals surface area (Å²) in [7, 11) is 0. The number of ether oxygens (including phenoxy) is 2. The van der Waals surface area contributed by atoms with Crippen LogP contribution in [0, 0.1) is 0 Å². The van der Waals surface area contributed by atoms with Gasteiger partial charge in [-0.3, -0.25) is 4.79 Å². The number of aliphatic hydroxyl groups excluding tert-OH is 1. The number of aliphatic hydroxyl groups is 1. The third-order valence-electron chi connectivity index (χ3n) is 7.75. The minimum Gasteiger partial charge on any atom is -0.511 e. The molecule has 0 aliphatic carbocycles. The van der Waals surface area contributed by atoms with Crippen LogP contribution in [0.15, 0.2) is 70.2 Å². The van der Waals surface area contributed by atoms with Gasteiger partial charge in [0.1, 0.15) is 21.9 Å². The molecule has 0 spiro atoms. The van der Waals surface area contributed by atoms with Crippen LogP contribution in [0.5, 0.6) is 0 Å². The van der Waals surface area contributed by atoms with E-state index in [1.807, 2.05) is 75.4 Å². The predicted octanol–water partition coefficient (Wildman–Crippen LogP) is 7.15. The number of piperazine rings is 1. The number of carbonyl (C=O) groups excluding carboxylic acids is 3. The molecule has 1 atom stereocenters. The number of unbranched alkanes of at least 4 members (excludes halogenated alkanes) is 1. The van der Waals surface area contributed by atoms with E-state index < -0.39 is 17.2 Å². The molecule has 2 heterocycles. The van der Waals surface area contributed by atoms with Crippen LogP contribution in [0.1, 0.15) is 83.8 Å². The zero-order chi connectivity index (χ0) is 31.2. The van der Waals surface area contributed by atoms with Crippen molar-refractivity contribution in [2.75, 3.05) is 26.2 Å². The quantitative estimate of drug-likeness (QED) is 0.238. The first-order valence-electron chi connectivity index (χ1n) is 15.1. The Balaban J connectivity index is 1.37. The van der Waals surface area contributed by atoms with Crippen molar-refractivity contribution in [3.8, 4) is 0 Å². The molecule has 2 aromatic carbocycles. The highest BCUT2D eigenvalue weighted by Gasteiger charge is 2.43. The summed E-state index contributed by atoms with van der Waals surface area (Å²) in [6.45, 7) is 11.6. The van der Waals surface area contributed by atoms with Crippen molar-refractivity contribution in [1.29, 1.82) is 0 Å². The minimum atomic E-state index is -1.01. The molecule has 2 aliphatic heterocycles. The van der Waals surface area contributed by atoms with Gasteiger partial charge in [-0.15, -0.1) is 0 Å². The van der Waals surface area contributed by atoms with E-state index in [0.29, 0.717) is 51.9 Å². The predicted molar refractivity (Wildman–Crippen MR) is 168 cm³/mol. The van der Waals surface area contributed by atoms with E-state index in [1.54, 1.807) is 9.80 Å². The Morgan fingerprint density at radius 1 is 0.977 bits per heavy atom. The molecule has 8 nitrogen and oxygen atoms in total. The van der Waals surface area contributed by atoms with E-state index in [1.165, 1.54) is 11.8 Å². The van der Waals surface area contributed by atoms with Crippen LogP contribution in [-0.2, 0) is 24.7 Å². The first-order valence-corrected chi connectivity index (χ1v) is 15.9. The van der Waals surface area contributed by atoms with E-state index >= 15 is 0 Å². The molecule has 0 aromatic heterocycles. The number of nitrogens with zero attached hydrogens (tertiary/aromatic N) is 2. The van der Waals surface area contributed by atoms with Crippen LogP contribution in [0.4, 0.5) is 4.79 Å². The lowest BCUT2D eigenvalue weighted by atomic mass is 9.83. The van der Waals surface area contributed by atoms with Crippen molar-refractivity contribution in [2.45, 2.75) is 88.7 Å². The number of benzene rings is 2. The highest BCUT2D eigenvalue weighted by atomic mass is 32.2. The summed E-state index contributed by atoms with van der Waals surface area (Å²) < 4.78 is 11.6. The molecule has 2 amide bonds. The van der Waals surface area contributed by atoms with Gasteiger partial charge >= 0.3 is 12.1 Å². The number of hydrogen-bond donors (Lipinski definition) is 1. The highest BCUT2D eigenvalue weighted by molar-refractivity contribution is 8.04. The first kappa shape index (κ1) is 32.5. The van der Waals surface area contributed by atoms with E-state index in [0.717, 1.165) is 16.0 Å². The molecule has 1 unspecified atom stereocenters. The number of rotatable bonds is 9. The highest BCUT2D eigenvalue weighted by Crippen LogP contribution is 2.46. The number of cyclic esters (lactones) is 1. The van der Waals surface area contributed by atoms with Crippen molar-refractivity contribution in [2.24, 2.45) is 0 Å². The largest absolute Gasteiger partial charge is 0.511 e. The Morgan fingerprint density at radius 3 is 2.23 bits per heavy atom. The van der Waals surface area contributed by atoms with Crippen LogP contribution in [0.25, 0.3) is 0 Å². The van der Waals surface area contributed by atoms with Gasteiger partial charge in [-0.2, -0.15) is 0 Å². The molecule has 0 bridgehead atoms. The van der Waals surface area contributed by atoms with E-state index in [-0.39, 0.29) is 35.0 Å². The maximum absolute atomic E-state index is 13.4. The fraction of sp³-hybridized carbons (Fsp3) is 0.500. The maximum Gasteiger partial charge on any atom is 0.410 e. The average Bonchev–Trinajstić information content (AvgIpc) is 2.97. The van der Waals surface area contributed by atoms with Gasteiger partial charge in [-0.25, -0.2) is 9.59 Å². The molecule has 0 saturated carbocycles. The Morgan fingerprint density at radius 2 is 1.60 bits per heavy atom. The number of esters is 1. The molecule has 4 rings (SSSR count). The standard InChI is InChI=1S/C34H44N2O6S/c1-24(2)26-15-9-10-16-28(26)43-30-27(37)23-34(41-31(30)39,25-13-7-6-8-14-25)18-12-11-17-29(38)35-19-21-36(22-20-35)32(40)42-33(3,4)5/h6-10,13-16,24,37H,11-12,17-23H2,1-5H3. The molecule has 2 aliphatic rings. The van der Waals surface area contributed by atoms with Crippen LogP contribution in [0.2, 0.25) is 0 Å². The summed E-state index contributed by atoms with van der Waals surface area (Å²) >= 11 is 1.26. The van der Waals surface area contributed by atoms with Crippen LogP contribution in [-0.4, -0.2) is 64.7 Å². The fourth-order valence-electron chi connectivity index (χ4n) is 5.49. The number of hydrogen-bond acceptors (Lipinski definition) is 7. The van der Waals surface area contributed by atoms with Gasteiger partial charge in [0.05, 0.1) is 6.42 Å². The molecular formula is C34H44N2O6S. The van der Waals surface area contributed by atoms with Gasteiger partial charge in [-0.1, -0.05) is 74.1 Å². The number of amides is 2. The van der Waals surface area contributed by atoms with Crippen LogP contribution < -0.4 is 0 Å². The second-order valence-corrected chi connectivity index (χ2v) is 13.6. The topological polar surface area (TPSA) is 96.4 Å². The van der Waals surface area contributed by atoms with Crippen LogP contribution in [0.3, 0.4) is 0 Å². The lowest BCUT2D eigenvalue weighted by Gasteiger charge is -2.38. The van der Waals surface area contributed by atoms with Crippen LogP contribution >= 0.6 is 11.8 Å². The lowest BCUT2D eigenvalue weighted by molar-refractivity contribution is -0.160. The number of carbonyl (C=O) groups is 3. The van der Waals surface area contributed by atoms with Gasteiger partial charge < -0.3 is 24.4 Å². The van der Waals surface area contributed by atoms with E-state index in [9.17, 15) is 19.5 Å². The zero-order valence-electron chi connectivity index (χ0n) is 25.9. The SMILES string of the molecule is CC(C)c1ccccc1SC1=C(O)CC(CCCCC(=O)N2CCN(C(=O)OC(C)(C)C)CC2)(c2ccccc2)OC1=O. The molecular weight excluding hydrogens is 564 g/mol. The summed E-state index contributed by atoms with van der Waals surface area (Å²) in [5.74, 6) is -0.188. The molecule has 0 radical (unpaired) electrons. The van der Waals surface area contributed by atoms with Gasteiger partial charge in [0.2, 0.25) is 5.91 Å². The minimum absolute atomic E-state index is 0.0302. The summed E-state index contributed by atoms with van der Waals surface area (Å²) in [6, 6.07) is 17.4. The summed E-state index contributed by atoms with van der Waals surface area (Å²) in [5, 5.41) is 11.2. The summed E-state index contributed by atoms with van der Waals surface area (Å²) in [6.07, 6.45) is 1.92. The third-order valence-corrected chi connectivity index (χ3v) is 8.94. The Labute approximate surface area is 259 Å². The van der Waals surface area contributed by atoms with Crippen molar-refractivity contribution in [1.82, 2.24) is 9.80 Å². The van der Waals surface area contributed by atoms with Crippen molar-refractivity contribution in [3.63, 3.8) is 0 Å². The maximum atomic E-state index is 13.4. The smallest absolute Gasteiger partial charge is 0.410 e. The summed E-state index contributed by atoms with van der Waals surface area (Å²) in [5.41, 5.74) is 0.370. The molecule has 2 aromatic rings. The monoisotopic (exact) mass is 608 g/mol. The zero-order valence-corrected chi connectivity index (χ0v) is 26.7. The Hall–Kier alpha value is -3.46. The molecule has 1 fully saturated rings. The van der Waals surface area contributed by atoms with Crippen molar-refractivity contribution < 1.29 is 29.0 Å². The second kappa shape index (κ2) is 13.9. The fourth-order valence-corrected chi connectivity index (χ4v) is 6.59. The molecule has 9 heteroatoms. The second-order valence-electron chi connectivity index (χ2n) is 12.6. The van der Waals surface area contributed by atoms with Crippen molar-refractivity contribution in [3.05, 3.63) is 76.4 Å². The molecule has 232 valence electrons. The average molecular weight is 609 g/mol. The first-order chi connectivity index (χ1) is 20.4. The van der Waals surface area contributed by atoms with Gasteiger partial charge in [-0.05, 0) is 63.1 Å². The summed E-state index contributed by atoms with van der Waals surface area (Å²) in [4.78, 5) is 43.3. The van der Waals surface area contributed by atoms with Gasteiger partial charge in [0.25, 0.3) is 0 Å². The third kappa shape index (κ3) is 8.34. The van der Waals surface area contributed by atoms with Gasteiger partial charge in [0.15, 0.2) is 0 Å². The molecule has 43 heavy (non-hydrogen) atoms.